The van der Waals surface area contributed by atoms with Crippen molar-refractivity contribution in [2.45, 2.75) is 30.6 Å². The van der Waals surface area contributed by atoms with Crippen LogP contribution in [0.1, 0.15) is 35.2 Å². The van der Waals surface area contributed by atoms with Crippen molar-refractivity contribution >= 4 is 45.7 Å². The molecule has 2 aromatic carbocycles. The van der Waals surface area contributed by atoms with Gasteiger partial charge in [-0.1, -0.05) is 84.1 Å². The smallest absolute Gasteiger partial charge is 0.301 e. The van der Waals surface area contributed by atoms with Crippen molar-refractivity contribution in [3.05, 3.63) is 76.4 Å². The zero-order chi connectivity index (χ0) is 22.1. The SMILES string of the molecule is CCc1ccc([C@@H]2C(=C(O)c3ccc(C)cc3)C(=O)C(=O)N2c2nnc(SC)s2)cc1. The first-order valence-corrected chi connectivity index (χ1v) is 11.8. The molecule has 0 aliphatic carbocycles. The van der Waals surface area contributed by atoms with E-state index in [9.17, 15) is 14.7 Å². The minimum absolute atomic E-state index is 0.0546. The van der Waals surface area contributed by atoms with E-state index in [0.29, 0.717) is 15.0 Å². The summed E-state index contributed by atoms with van der Waals surface area (Å²) in [6.07, 6.45) is 2.74. The lowest BCUT2D eigenvalue weighted by Crippen LogP contribution is -2.29. The van der Waals surface area contributed by atoms with Gasteiger partial charge in [-0.25, -0.2) is 0 Å². The van der Waals surface area contributed by atoms with Gasteiger partial charge in [0, 0.05) is 5.56 Å². The first-order chi connectivity index (χ1) is 14.9. The summed E-state index contributed by atoms with van der Waals surface area (Å²) < 4.78 is 0.690. The van der Waals surface area contributed by atoms with E-state index in [4.69, 9.17) is 0 Å². The summed E-state index contributed by atoms with van der Waals surface area (Å²) in [6, 6.07) is 14.1. The molecule has 1 aliphatic heterocycles. The highest BCUT2D eigenvalue weighted by Crippen LogP contribution is 2.43. The number of carbonyl (C=O) groups is 2. The van der Waals surface area contributed by atoms with Crippen LogP contribution in [-0.2, 0) is 16.0 Å². The van der Waals surface area contributed by atoms with E-state index in [0.717, 1.165) is 23.1 Å². The molecule has 1 N–H and O–H groups in total. The molecule has 1 aliphatic rings. The molecule has 158 valence electrons. The molecule has 1 aromatic heterocycles. The van der Waals surface area contributed by atoms with Gasteiger partial charge in [0.15, 0.2) is 4.34 Å². The molecule has 1 fully saturated rings. The van der Waals surface area contributed by atoms with Gasteiger partial charge in [-0.05, 0) is 30.7 Å². The normalized spacial score (nSPS) is 18.0. The number of aliphatic hydroxyl groups excluding tert-OH is 1. The molecule has 0 radical (unpaired) electrons. The number of aryl methyl sites for hydroxylation is 2. The predicted octanol–water partition coefficient (Wildman–Crippen LogP) is 4.76. The van der Waals surface area contributed by atoms with Gasteiger partial charge in [0.2, 0.25) is 5.13 Å². The summed E-state index contributed by atoms with van der Waals surface area (Å²) in [5, 5.41) is 19.6. The summed E-state index contributed by atoms with van der Waals surface area (Å²) in [6.45, 7) is 4.00. The van der Waals surface area contributed by atoms with Crippen LogP contribution in [0.2, 0.25) is 0 Å². The van der Waals surface area contributed by atoms with Crippen molar-refractivity contribution in [2.75, 3.05) is 11.2 Å². The highest BCUT2D eigenvalue weighted by molar-refractivity contribution is 8.00. The topological polar surface area (TPSA) is 83.4 Å². The maximum absolute atomic E-state index is 13.1. The van der Waals surface area contributed by atoms with Gasteiger partial charge >= 0.3 is 5.91 Å². The second kappa shape index (κ2) is 8.64. The Morgan fingerprint density at radius 1 is 1.10 bits per heavy atom. The number of nitrogens with zero attached hydrogens (tertiary/aromatic N) is 3. The number of anilines is 1. The molecule has 0 bridgehead atoms. The molecule has 6 nitrogen and oxygen atoms in total. The van der Waals surface area contributed by atoms with Gasteiger partial charge in [0.1, 0.15) is 5.76 Å². The van der Waals surface area contributed by atoms with Crippen molar-refractivity contribution in [1.29, 1.82) is 0 Å². The monoisotopic (exact) mass is 451 g/mol. The second-order valence-corrected chi connectivity index (χ2v) is 9.19. The number of carbonyl (C=O) groups excluding carboxylic acids is 2. The number of hydrogen-bond acceptors (Lipinski definition) is 7. The minimum atomic E-state index is -0.783. The van der Waals surface area contributed by atoms with E-state index in [1.807, 2.05) is 49.6 Å². The maximum Gasteiger partial charge on any atom is 0.301 e. The Morgan fingerprint density at radius 3 is 2.35 bits per heavy atom. The van der Waals surface area contributed by atoms with E-state index < -0.39 is 17.7 Å². The lowest BCUT2D eigenvalue weighted by Gasteiger charge is -2.22. The van der Waals surface area contributed by atoms with E-state index >= 15 is 0 Å². The van der Waals surface area contributed by atoms with Crippen LogP contribution in [0, 0.1) is 6.92 Å². The largest absolute Gasteiger partial charge is 0.507 e. The summed E-state index contributed by atoms with van der Waals surface area (Å²) in [4.78, 5) is 27.5. The highest BCUT2D eigenvalue weighted by Gasteiger charge is 2.48. The lowest BCUT2D eigenvalue weighted by molar-refractivity contribution is -0.132. The van der Waals surface area contributed by atoms with E-state index in [-0.39, 0.29) is 11.3 Å². The van der Waals surface area contributed by atoms with E-state index in [2.05, 4.69) is 17.1 Å². The molecule has 0 spiro atoms. The van der Waals surface area contributed by atoms with Crippen LogP contribution in [0.5, 0.6) is 0 Å². The summed E-state index contributed by atoms with van der Waals surface area (Å²) in [7, 11) is 0. The number of thioether (sulfide) groups is 1. The maximum atomic E-state index is 13.1. The number of amides is 1. The Labute approximate surface area is 188 Å². The summed E-state index contributed by atoms with van der Waals surface area (Å²) in [5.41, 5.74) is 3.44. The Kier molecular flexibility index (Phi) is 5.93. The molecule has 1 atom stereocenters. The predicted molar refractivity (Wildman–Crippen MR) is 123 cm³/mol. The van der Waals surface area contributed by atoms with Crippen LogP contribution in [0.4, 0.5) is 5.13 Å². The van der Waals surface area contributed by atoms with Gasteiger partial charge in [-0.2, -0.15) is 0 Å². The molecule has 3 aromatic rings. The molecule has 0 saturated carbocycles. The molecule has 2 heterocycles. The fourth-order valence-electron chi connectivity index (χ4n) is 3.53. The van der Waals surface area contributed by atoms with Gasteiger partial charge in [-0.15, -0.1) is 10.2 Å². The zero-order valence-electron chi connectivity index (χ0n) is 17.3. The Morgan fingerprint density at radius 2 is 1.77 bits per heavy atom. The quantitative estimate of drug-likeness (QED) is 0.198. The Balaban J connectivity index is 1.91. The first kappa shape index (κ1) is 21.3. The van der Waals surface area contributed by atoms with Crippen LogP contribution in [0.15, 0.2) is 58.4 Å². The van der Waals surface area contributed by atoms with Crippen molar-refractivity contribution in [3.63, 3.8) is 0 Å². The fourth-order valence-corrected chi connectivity index (χ4v) is 4.82. The van der Waals surface area contributed by atoms with Crippen molar-refractivity contribution < 1.29 is 14.7 Å². The third kappa shape index (κ3) is 3.88. The van der Waals surface area contributed by atoms with E-state index in [1.54, 1.807) is 12.1 Å². The number of ketones is 1. The number of benzene rings is 2. The number of hydrogen-bond donors (Lipinski definition) is 1. The van der Waals surface area contributed by atoms with Crippen LogP contribution >= 0.6 is 23.1 Å². The minimum Gasteiger partial charge on any atom is -0.507 e. The number of Topliss-reactive ketones (excluding diaryl/α,β-unsaturated/α-hetero) is 1. The van der Waals surface area contributed by atoms with Gasteiger partial charge in [0.25, 0.3) is 5.78 Å². The molecule has 4 rings (SSSR count). The van der Waals surface area contributed by atoms with Crippen molar-refractivity contribution in [2.24, 2.45) is 0 Å². The number of rotatable bonds is 5. The van der Waals surface area contributed by atoms with Gasteiger partial charge < -0.3 is 5.11 Å². The molecule has 1 saturated heterocycles. The van der Waals surface area contributed by atoms with Crippen molar-refractivity contribution in [3.8, 4) is 0 Å². The summed E-state index contributed by atoms with van der Waals surface area (Å²) >= 11 is 2.66. The molecule has 8 heteroatoms. The molecular weight excluding hydrogens is 430 g/mol. The Bertz CT molecular complexity index is 1170. The third-order valence-electron chi connectivity index (χ3n) is 5.25. The van der Waals surface area contributed by atoms with Crippen LogP contribution in [-0.4, -0.2) is 33.3 Å². The Hall–Kier alpha value is -2.97. The van der Waals surface area contributed by atoms with Crippen LogP contribution in [0.3, 0.4) is 0 Å². The molecule has 1 amide bonds. The molecule has 0 unspecified atom stereocenters. The first-order valence-electron chi connectivity index (χ1n) is 9.79. The van der Waals surface area contributed by atoms with Crippen LogP contribution in [0.25, 0.3) is 5.76 Å². The second-order valence-electron chi connectivity index (χ2n) is 7.18. The van der Waals surface area contributed by atoms with Gasteiger partial charge in [-0.3, -0.25) is 14.5 Å². The highest BCUT2D eigenvalue weighted by atomic mass is 32.2. The average molecular weight is 452 g/mol. The van der Waals surface area contributed by atoms with Crippen LogP contribution < -0.4 is 4.90 Å². The average Bonchev–Trinajstić information content (AvgIpc) is 3.36. The number of aliphatic hydroxyl groups is 1. The third-order valence-corrected chi connectivity index (χ3v) is 7.15. The van der Waals surface area contributed by atoms with Crippen molar-refractivity contribution in [1.82, 2.24) is 10.2 Å². The van der Waals surface area contributed by atoms with Gasteiger partial charge in [0.05, 0.1) is 11.6 Å². The lowest BCUT2D eigenvalue weighted by atomic mass is 9.94. The molecular formula is C23H21N3O3S2. The number of aromatic nitrogens is 2. The van der Waals surface area contributed by atoms with E-state index in [1.165, 1.54) is 28.0 Å². The fraction of sp³-hybridized carbons (Fsp3) is 0.217. The standard InChI is InChI=1S/C23H21N3O3S2/c1-4-14-7-11-15(12-8-14)18-17(19(27)16-9-5-13(2)6-10-16)20(28)21(29)26(18)22-24-25-23(30-3)31-22/h5-12,18,27H,4H2,1-3H3/t18-/m1/s1. The summed E-state index contributed by atoms with van der Waals surface area (Å²) in [5.74, 6) is -1.65. The zero-order valence-corrected chi connectivity index (χ0v) is 19.0. The molecule has 31 heavy (non-hydrogen) atoms.